The van der Waals surface area contributed by atoms with Crippen LogP contribution in [0.2, 0.25) is 0 Å². The molecule has 27 heavy (non-hydrogen) atoms. The van der Waals surface area contributed by atoms with Crippen LogP contribution in [0.5, 0.6) is 0 Å². The van der Waals surface area contributed by atoms with Crippen molar-refractivity contribution >= 4 is 23.0 Å². The van der Waals surface area contributed by atoms with Crippen LogP contribution < -0.4 is 5.32 Å². The monoisotopic (exact) mass is 385 g/mol. The first-order chi connectivity index (χ1) is 12.8. The minimum Gasteiger partial charge on any atom is -0.444 e. The zero-order valence-electron chi connectivity index (χ0n) is 16.1. The van der Waals surface area contributed by atoms with E-state index in [1.54, 1.807) is 20.8 Å². The second-order valence-electron chi connectivity index (χ2n) is 7.31. The highest BCUT2D eigenvalue weighted by Crippen LogP contribution is 2.22. The Hall–Kier alpha value is -2.27. The third-order valence-corrected chi connectivity index (χ3v) is 4.73. The van der Waals surface area contributed by atoms with Gasteiger partial charge in [0.1, 0.15) is 11.6 Å². The molecule has 0 aliphatic rings. The van der Waals surface area contributed by atoms with Gasteiger partial charge in [0, 0.05) is 4.90 Å². The van der Waals surface area contributed by atoms with E-state index in [1.807, 2.05) is 48.5 Å². The lowest BCUT2D eigenvalue weighted by atomic mass is 10.1. The Labute approximate surface area is 165 Å². The standard InChI is InChI=1S/C22H27NO3S/c1-22(2,3)26-21(25)23-19(16-10-13-17-11-6-4-7-12-17)20(24)27-18-14-8-5-9-15-18/h4-9,11-12,14-15,19H,10,13,16H2,1-3H3,(H,23,25). The summed E-state index contributed by atoms with van der Waals surface area (Å²) in [6, 6.07) is 19.0. The van der Waals surface area contributed by atoms with E-state index in [0.29, 0.717) is 6.42 Å². The summed E-state index contributed by atoms with van der Waals surface area (Å²) in [6.07, 6.45) is 1.66. The molecule has 0 saturated heterocycles. The predicted octanol–water partition coefficient (Wildman–Crippen LogP) is 5.22. The maximum Gasteiger partial charge on any atom is 0.408 e. The van der Waals surface area contributed by atoms with Crippen LogP contribution in [0, 0.1) is 0 Å². The number of thioether (sulfide) groups is 1. The topological polar surface area (TPSA) is 55.4 Å². The fraction of sp³-hybridized carbons (Fsp3) is 0.364. The van der Waals surface area contributed by atoms with Gasteiger partial charge < -0.3 is 10.1 Å². The average molecular weight is 386 g/mol. The number of hydrogen-bond acceptors (Lipinski definition) is 4. The summed E-state index contributed by atoms with van der Waals surface area (Å²) in [5.74, 6) is 0. The summed E-state index contributed by atoms with van der Waals surface area (Å²) in [5.41, 5.74) is 0.616. The molecule has 1 amide bonds. The van der Waals surface area contributed by atoms with Crippen molar-refractivity contribution in [3.8, 4) is 0 Å². The van der Waals surface area contributed by atoms with Gasteiger partial charge in [0.25, 0.3) is 0 Å². The van der Waals surface area contributed by atoms with Gasteiger partial charge in [0.2, 0.25) is 5.12 Å². The Morgan fingerprint density at radius 3 is 2.19 bits per heavy atom. The Morgan fingerprint density at radius 1 is 1.00 bits per heavy atom. The molecular formula is C22H27NO3S. The fourth-order valence-corrected chi connectivity index (χ4v) is 3.37. The van der Waals surface area contributed by atoms with Crippen molar-refractivity contribution in [2.45, 2.75) is 56.6 Å². The molecule has 5 heteroatoms. The number of ether oxygens (including phenoxy) is 1. The van der Waals surface area contributed by atoms with Crippen LogP contribution >= 0.6 is 11.8 Å². The number of alkyl carbamates (subject to hydrolysis) is 1. The molecule has 0 bridgehead atoms. The molecule has 0 heterocycles. The molecule has 2 rings (SSSR count). The van der Waals surface area contributed by atoms with Gasteiger partial charge in [0.15, 0.2) is 0 Å². The Kier molecular flexibility index (Phi) is 7.92. The highest BCUT2D eigenvalue weighted by atomic mass is 32.2. The molecule has 1 atom stereocenters. The SMILES string of the molecule is CC(C)(C)OC(=O)NC(CCCc1ccccc1)C(=O)Sc1ccccc1. The lowest BCUT2D eigenvalue weighted by Gasteiger charge is -2.23. The van der Waals surface area contributed by atoms with Gasteiger partial charge in [-0.05, 0) is 69.5 Å². The summed E-state index contributed by atoms with van der Waals surface area (Å²) in [5, 5.41) is 2.67. The highest BCUT2D eigenvalue weighted by molar-refractivity contribution is 8.13. The highest BCUT2D eigenvalue weighted by Gasteiger charge is 2.24. The van der Waals surface area contributed by atoms with Crippen molar-refractivity contribution in [1.29, 1.82) is 0 Å². The molecule has 0 radical (unpaired) electrons. The van der Waals surface area contributed by atoms with Gasteiger partial charge in [-0.25, -0.2) is 4.79 Å². The van der Waals surface area contributed by atoms with Gasteiger partial charge in [-0.1, -0.05) is 48.5 Å². The Balaban J connectivity index is 1.98. The van der Waals surface area contributed by atoms with Crippen molar-refractivity contribution in [2.75, 3.05) is 0 Å². The molecule has 4 nitrogen and oxygen atoms in total. The third kappa shape index (κ3) is 8.31. The molecule has 144 valence electrons. The molecule has 0 saturated carbocycles. The molecule has 1 unspecified atom stereocenters. The number of hydrogen-bond donors (Lipinski definition) is 1. The van der Waals surface area contributed by atoms with Crippen molar-refractivity contribution in [3.05, 3.63) is 66.2 Å². The lowest BCUT2D eigenvalue weighted by Crippen LogP contribution is -2.42. The summed E-state index contributed by atoms with van der Waals surface area (Å²) in [7, 11) is 0. The van der Waals surface area contributed by atoms with Crippen LogP contribution in [0.15, 0.2) is 65.6 Å². The molecule has 2 aromatic carbocycles. The second-order valence-corrected chi connectivity index (χ2v) is 8.39. The van der Waals surface area contributed by atoms with Crippen molar-refractivity contribution in [1.82, 2.24) is 5.32 Å². The van der Waals surface area contributed by atoms with E-state index in [9.17, 15) is 9.59 Å². The van der Waals surface area contributed by atoms with Crippen LogP contribution in [-0.4, -0.2) is 22.9 Å². The van der Waals surface area contributed by atoms with Gasteiger partial charge >= 0.3 is 6.09 Å². The van der Waals surface area contributed by atoms with Crippen LogP contribution in [0.4, 0.5) is 4.79 Å². The minimum atomic E-state index is -0.603. The van der Waals surface area contributed by atoms with E-state index < -0.39 is 17.7 Å². The van der Waals surface area contributed by atoms with Crippen LogP contribution in [0.3, 0.4) is 0 Å². The van der Waals surface area contributed by atoms with Gasteiger partial charge in [-0.3, -0.25) is 4.79 Å². The van der Waals surface area contributed by atoms with Crippen molar-refractivity contribution in [3.63, 3.8) is 0 Å². The number of benzene rings is 2. The normalized spacial score (nSPS) is 12.3. The number of aryl methyl sites for hydroxylation is 1. The third-order valence-electron chi connectivity index (χ3n) is 3.74. The van der Waals surface area contributed by atoms with Crippen molar-refractivity contribution in [2.24, 2.45) is 0 Å². The molecule has 0 aliphatic heterocycles. The van der Waals surface area contributed by atoms with E-state index in [1.165, 1.54) is 5.56 Å². The average Bonchev–Trinajstić information content (AvgIpc) is 2.61. The molecule has 0 aliphatic carbocycles. The Bertz CT molecular complexity index is 726. The van der Waals surface area contributed by atoms with E-state index in [2.05, 4.69) is 17.4 Å². The first kappa shape index (κ1) is 21.0. The molecule has 0 spiro atoms. The zero-order valence-corrected chi connectivity index (χ0v) is 16.9. The van der Waals surface area contributed by atoms with Gasteiger partial charge in [-0.2, -0.15) is 0 Å². The number of carbonyl (C=O) groups is 2. The van der Waals surface area contributed by atoms with E-state index in [0.717, 1.165) is 29.5 Å². The number of carbonyl (C=O) groups excluding carboxylic acids is 2. The molecular weight excluding hydrogens is 358 g/mol. The number of amides is 1. The molecule has 0 fully saturated rings. The molecule has 2 aromatic rings. The van der Waals surface area contributed by atoms with Crippen LogP contribution in [0.1, 0.15) is 39.2 Å². The first-order valence-electron chi connectivity index (χ1n) is 9.14. The van der Waals surface area contributed by atoms with E-state index in [-0.39, 0.29) is 5.12 Å². The quantitative estimate of drug-likeness (QED) is 0.664. The fourth-order valence-electron chi connectivity index (χ4n) is 2.53. The summed E-state index contributed by atoms with van der Waals surface area (Å²) in [4.78, 5) is 25.8. The van der Waals surface area contributed by atoms with Crippen molar-refractivity contribution < 1.29 is 14.3 Å². The number of rotatable bonds is 7. The van der Waals surface area contributed by atoms with Gasteiger partial charge in [0.05, 0.1) is 0 Å². The minimum absolute atomic E-state index is 0.0832. The maximum absolute atomic E-state index is 12.7. The van der Waals surface area contributed by atoms with Crippen LogP contribution in [-0.2, 0) is 16.0 Å². The number of nitrogens with one attached hydrogen (secondary N) is 1. The van der Waals surface area contributed by atoms with E-state index >= 15 is 0 Å². The summed E-state index contributed by atoms with van der Waals surface area (Å²) in [6.45, 7) is 5.41. The second kappa shape index (κ2) is 10.2. The maximum atomic E-state index is 12.7. The zero-order chi connectivity index (χ0) is 19.7. The lowest BCUT2D eigenvalue weighted by molar-refractivity contribution is -0.113. The summed E-state index contributed by atoms with van der Waals surface area (Å²) >= 11 is 1.15. The predicted molar refractivity (Wildman–Crippen MR) is 110 cm³/mol. The van der Waals surface area contributed by atoms with Crippen LogP contribution in [0.25, 0.3) is 0 Å². The Morgan fingerprint density at radius 2 is 1.59 bits per heavy atom. The largest absolute Gasteiger partial charge is 0.444 e. The summed E-state index contributed by atoms with van der Waals surface area (Å²) < 4.78 is 5.32. The smallest absolute Gasteiger partial charge is 0.408 e. The van der Waals surface area contributed by atoms with Gasteiger partial charge in [-0.15, -0.1) is 0 Å². The molecule has 1 N–H and O–H groups in total. The molecule has 0 aromatic heterocycles. The first-order valence-corrected chi connectivity index (χ1v) is 9.95. The van der Waals surface area contributed by atoms with E-state index in [4.69, 9.17) is 4.74 Å².